The van der Waals surface area contributed by atoms with E-state index < -0.39 is 0 Å². The molecule has 1 atom stereocenters. The van der Waals surface area contributed by atoms with Crippen molar-refractivity contribution in [1.29, 1.82) is 0 Å². The molecule has 4 heteroatoms. The number of nitrogens with zero attached hydrogens (tertiary/aromatic N) is 2. The maximum absolute atomic E-state index is 12.4. The van der Waals surface area contributed by atoms with Gasteiger partial charge in [0.15, 0.2) is 0 Å². The Morgan fingerprint density at radius 1 is 1.26 bits per heavy atom. The molecule has 1 amide bonds. The first kappa shape index (κ1) is 12.7. The van der Waals surface area contributed by atoms with E-state index in [9.17, 15) is 4.79 Å². The zero-order chi connectivity index (χ0) is 13.1. The molecular weight excluding hydrogens is 256 g/mol. The smallest absolute Gasteiger partial charge is 0.230 e. The fourth-order valence-electron chi connectivity index (χ4n) is 2.62. The molecule has 0 saturated carbocycles. The van der Waals surface area contributed by atoms with Crippen molar-refractivity contribution < 1.29 is 4.79 Å². The summed E-state index contributed by atoms with van der Waals surface area (Å²) in [4.78, 5) is 20.0. The number of aromatic nitrogens is 1. The number of rotatable bonds is 2. The number of carbonyl (C=O) groups excluding carboxylic acids is 1. The second-order valence-electron chi connectivity index (χ2n) is 5.05. The van der Waals surface area contributed by atoms with Crippen LogP contribution in [0.5, 0.6) is 0 Å². The van der Waals surface area contributed by atoms with Crippen molar-refractivity contribution in [2.75, 3.05) is 18.8 Å². The highest BCUT2D eigenvalue weighted by molar-refractivity contribution is 8.08. The van der Waals surface area contributed by atoms with Crippen LogP contribution in [0, 0.1) is 5.92 Å². The minimum atomic E-state index is 0.0418. The molecule has 2 aliphatic rings. The first-order chi connectivity index (χ1) is 9.34. The molecule has 2 aliphatic heterocycles. The van der Waals surface area contributed by atoms with Gasteiger partial charge in [-0.1, -0.05) is 12.1 Å². The molecule has 0 bridgehead atoms. The minimum Gasteiger partial charge on any atom is -0.342 e. The summed E-state index contributed by atoms with van der Waals surface area (Å²) in [6.45, 7) is 1.87. The van der Waals surface area contributed by atoms with Gasteiger partial charge in [0.1, 0.15) is 0 Å². The van der Waals surface area contributed by atoms with E-state index in [-0.39, 0.29) is 5.92 Å². The molecule has 1 aromatic heterocycles. The van der Waals surface area contributed by atoms with Gasteiger partial charge in [0.05, 0.1) is 11.6 Å². The third-order valence-electron chi connectivity index (χ3n) is 3.67. The fourth-order valence-corrected chi connectivity index (χ4v) is 3.74. The molecule has 1 aromatic rings. The number of carbonyl (C=O) groups is 1. The van der Waals surface area contributed by atoms with Gasteiger partial charge in [-0.15, -0.1) is 11.8 Å². The van der Waals surface area contributed by atoms with Gasteiger partial charge in [-0.25, -0.2) is 0 Å². The predicted molar refractivity (Wildman–Crippen MR) is 78.6 cm³/mol. The van der Waals surface area contributed by atoms with Gasteiger partial charge >= 0.3 is 0 Å². The molecule has 1 unspecified atom stereocenters. The number of hydrogen-bond donors (Lipinski definition) is 0. The second kappa shape index (κ2) is 5.78. The summed E-state index contributed by atoms with van der Waals surface area (Å²) in [5.74, 6) is 1.21. The van der Waals surface area contributed by atoms with E-state index in [0.717, 1.165) is 42.3 Å². The van der Waals surface area contributed by atoms with Crippen LogP contribution in [0.2, 0.25) is 0 Å². The van der Waals surface area contributed by atoms with Crippen LogP contribution in [-0.2, 0) is 4.79 Å². The van der Waals surface area contributed by atoms with Crippen LogP contribution < -0.4 is 0 Å². The Hall–Kier alpha value is -1.29. The van der Waals surface area contributed by atoms with Gasteiger partial charge < -0.3 is 4.90 Å². The number of amides is 1. The summed E-state index contributed by atoms with van der Waals surface area (Å²) in [6, 6.07) is 5.91. The topological polar surface area (TPSA) is 33.2 Å². The van der Waals surface area contributed by atoms with Crippen LogP contribution in [0.1, 0.15) is 25.0 Å². The first-order valence-electron chi connectivity index (χ1n) is 6.89. The standard InChI is InChI=1S/C15H18N2OS/c18-15(17-8-4-1-5-9-17)12-10-14(19-11-12)13-6-2-3-7-16-13/h2-3,6-7,10,12H,1,4-5,8-9,11H2. The maximum atomic E-state index is 12.4. The molecule has 19 heavy (non-hydrogen) atoms. The van der Waals surface area contributed by atoms with Gasteiger partial charge in [-0.05, 0) is 31.4 Å². The Kier molecular flexibility index (Phi) is 3.87. The number of likely N-dealkylation sites (tertiary alicyclic amines) is 1. The maximum Gasteiger partial charge on any atom is 0.230 e. The Morgan fingerprint density at radius 2 is 2.11 bits per heavy atom. The van der Waals surface area contributed by atoms with E-state index in [4.69, 9.17) is 0 Å². The molecule has 3 rings (SSSR count). The Bertz CT molecular complexity index is 480. The van der Waals surface area contributed by atoms with Crippen LogP contribution in [0.3, 0.4) is 0 Å². The summed E-state index contributed by atoms with van der Waals surface area (Å²) in [5.41, 5.74) is 0.987. The molecule has 0 spiro atoms. The zero-order valence-corrected chi connectivity index (χ0v) is 11.7. The predicted octanol–water partition coefficient (Wildman–Crippen LogP) is 2.80. The van der Waals surface area contributed by atoms with Crippen LogP contribution in [-0.4, -0.2) is 34.6 Å². The molecule has 0 aromatic carbocycles. The number of thioether (sulfide) groups is 1. The highest BCUT2D eigenvalue weighted by atomic mass is 32.2. The third kappa shape index (κ3) is 2.84. The monoisotopic (exact) mass is 274 g/mol. The van der Waals surface area contributed by atoms with E-state index in [1.54, 1.807) is 18.0 Å². The SMILES string of the molecule is O=C(C1C=C(c2ccccn2)SC1)N1CCCCC1. The average Bonchev–Trinajstić information content (AvgIpc) is 2.98. The lowest BCUT2D eigenvalue weighted by atomic mass is 10.1. The number of piperidine rings is 1. The van der Waals surface area contributed by atoms with Gasteiger partial charge in [0.25, 0.3) is 0 Å². The Morgan fingerprint density at radius 3 is 2.84 bits per heavy atom. The first-order valence-corrected chi connectivity index (χ1v) is 7.88. The minimum absolute atomic E-state index is 0.0418. The van der Waals surface area contributed by atoms with Gasteiger partial charge in [-0.2, -0.15) is 0 Å². The molecule has 1 fully saturated rings. The largest absolute Gasteiger partial charge is 0.342 e. The highest BCUT2D eigenvalue weighted by Crippen LogP contribution is 2.36. The lowest BCUT2D eigenvalue weighted by molar-refractivity contribution is -0.134. The van der Waals surface area contributed by atoms with Crippen molar-refractivity contribution in [2.45, 2.75) is 19.3 Å². The van der Waals surface area contributed by atoms with E-state index in [1.807, 2.05) is 23.1 Å². The lowest BCUT2D eigenvalue weighted by Gasteiger charge is -2.28. The molecule has 0 radical (unpaired) electrons. The number of pyridine rings is 1. The highest BCUT2D eigenvalue weighted by Gasteiger charge is 2.28. The Labute approximate surface area is 118 Å². The quantitative estimate of drug-likeness (QED) is 0.831. The molecular formula is C15H18N2OS. The zero-order valence-electron chi connectivity index (χ0n) is 10.9. The summed E-state index contributed by atoms with van der Waals surface area (Å²) >= 11 is 1.75. The van der Waals surface area contributed by atoms with E-state index in [0.29, 0.717) is 5.91 Å². The van der Waals surface area contributed by atoms with E-state index >= 15 is 0 Å². The van der Waals surface area contributed by atoms with E-state index in [1.165, 1.54) is 6.42 Å². The number of hydrogen-bond acceptors (Lipinski definition) is 3. The van der Waals surface area contributed by atoms with Crippen LogP contribution in [0.4, 0.5) is 0 Å². The normalized spacial score (nSPS) is 23.3. The van der Waals surface area contributed by atoms with Crippen LogP contribution in [0.25, 0.3) is 4.91 Å². The molecule has 0 aliphatic carbocycles. The lowest BCUT2D eigenvalue weighted by Crippen LogP contribution is -2.39. The summed E-state index contributed by atoms with van der Waals surface area (Å²) in [7, 11) is 0. The molecule has 1 saturated heterocycles. The summed E-state index contributed by atoms with van der Waals surface area (Å²) in [5, 5.41) is 0. The van der Waals surface area contributed by atoms with Crippen molar-refractivity contribution >= 4 is 22.6 Å². The Balaban J connectivity index is 1.70. The summed E-state index contributed by atoms with van der Waals surface area (Å²) in [6.07, 6.45) is 7.48. The third-order valence-corrected chi connectivity index (χ3v) is 4.86. The van der Waals surface area contributed by atoms with Crippen LogP contribution >= 0.6 is 11.8 Å². The summed E-state index contributed by atoms with van der Waals surface area (Å²) < 4.78 is 0. The molecule has 100 valence electrons. The average molecular weight is 274 g/mol. The van der Waals surface area contributed by atoms with Crippen molar-refractivity contribution in [3.63, 3.8) is 0 Å². The van der Waals surface area contributed by atoms with Crippen molar-refractivity contribution in [2.24, 2.45) is 5.92 Å². The van der Waals surface area contributed by atoms with Crippen molar-refractivity contribution in [3.05, 3.63) is 36.2 Å². The molecule has 0 N–H and O–H groups in total. The van der Waals surface area contributed by atoms with Crippen LogP contribution in [0.15, 0.2) is 30.5 Å². The molecule has 3 heterocycles. The van der Waals surface area contributed by atoms with Crippen molar-refractivity contribution in [3.8, 4) is 0 Å². The second-order valence-corrected chi connectivity index (χ2v) is 6.11. The fraction of sp³-hybridized carbons (Fsp3) is 0.467. The van der Waals surface area contributed by atoms with E-state index in [2.05, 4.69) is 11.1 Å². The van der Waals surface area contributed by atoms with Gasteiger partial charge in [-0.3, -0.25) is 9.78 Å². The van der Waals surface area contributed by atoms with Gasteiger partial charge in [0.2, 0.25) is 5.91 Å². The molecule has 3 nitrogen and oxygen atoms in total. The van der Waals surface area contributed by atoms with Crippen molar-refractivity contribution in [1.82, 2.24) is 9.88 Å². The van der Waals surface area contributed by atoms with Gasteiger partial charge in [0, 0.05) is 29.9 Å².